The predicted octanol–water partition coefficient (Wildman–Crippen LogP) is 8.33. The monoisotopic (exact) mass is 410 g/mol. The number of hydrogen-bond acceptors (Lipinski definition) is 3. The van der Waals surface area contributed by atoms with Crippen molar-refractivity contribution in [3.63, 3.8) is 0 Å². The molecular formula is C26H38N2S. The summed E-state index contributed by atoms with van der Waals surface area (Å²) >= 11 is 1.68. The lowest BCUT2D eigenvalue weighted by molar-refractivity contribution is 0.566. The third-order valence-corrected chi connectivity index (χ3v) is 5.82. The van der Waals surface area contributed by atoms with E-state index in [9.17, 15) is 0 Å². The van der Waals surface area contributed by atoms with E-state index >= 15 is 0 Å². The summed E-state index contributed by atoms with van der Waals surface area (Å²) in [7, 11) is 0. The first-order valence-corrected chi connectivity index (χ1v) is 11.5. The maximum Gasteiger partial charge on any atom is 0.0713 e. The van der Waals surface area contributed by atoms with E-state index in [0.717, 1.165) is 46.5 Å². The third-order valence-electron chi connectivity index (χ3n) is 4.86. The minimum absolute atomic E-state index is 0.560. The van der Waals surface area contributed by atoms with E-state index in [1.165, 1.54) is 18.4 Å². The Morgan fingerprint density at radius 3 is 2.17 bits per heavy atom. The predicted molar refractivity (Wildman–Crippen MR) is 133 cm³/mol. The highest BCUT2D eigenvalue weighted by Crippen LogP contribution is 2.34. The van der Waals surface area contributed by atoms with Crippen molar-refractivity contribution in [1.29, 1.82) is 5.41 Å². The van der Waals surface area contributed by atoms with Crippen LogP contribution in [0.5, 0.6) is 0 Å². The Labute approximate surface area is 183 Å². The lowest BCUT2D eigenvalue weighted by Gasteiger charge is -2.25. The highest BCUT2D eigenvalue weighted by atomic mass is 32.2. The van der Waals surface area contributed by atoms with Crippen molar-refractivity contribution in [3.8, 4) is 0 Å². The van der Waals surface area contributed by atoms with Gasteiger partial charge in [-0.2, -0.15) is 0 Å². The topological polar surface area (TPSA) is 27.1 Å². The van der Waals surface area contributed by atoms with Gasteiger partial charge in [0.25, 0.3) is 0 Å². The van der Waals surface area contributed by atoms with Crippen molar-refractivity contribution in [1.82, 2.24) is 4.31 Å². The van der Waals surface area contributed by atoms with Gasteiger partial charge in [0.1, 0.15) is 0 Å². The lowest BCUT2D eigenvalue weighted by Crippen LogP contribution is -2.18. The molecule has 0 atom stereocenters. The fourth-order valence-electron chi connectivity index (χ4n) is 3.10. The molecule has 0 saturated heterocycles. The summed E-state index contributed by atoms with van der Waals surface area (Å²) in [6.07, 6.45) is 5.73. The largest absolute Gasteiger partial charge is 0.316 e. The van der Waals surface area contributed by atoms with Crippen LogP contribution in [0.15, 0.2) is 64.7 Å². The second-order valence-corrected chi connectivity index (χ2v) is 8.48. The maximum absolute atomic E-state index is 9.04. The van der Waals surface area contributed by atoms with Gasteiger partial charge in [0.15, 0.2) is 0 Å². The summed E-state index contributed by atoms with van der Waals surface area (Å²) in [5, 5.41) is 11.1. The molecule has 1 aliphatic rings. The van der Waals surface area contributed by atoms with Crippen LogP contribution in [0.4, 0.5) is 0 Å². The number of nitrogens with one attached hydrogen (secondary N) is 1. The van der Waals surface area contributed by atoms with E-state index in [2.05, 4.69) is 76.9 Å². The van der Waals surface area contributed by atoms with E-state index < -0.39 is 0 Å². The molecule has 1 N–H and O–H groups in total. The molecule has 0 fully saturated rings. The Kier molecular flexibility index (Phi) is 10.8. The van der Waals surface area contributed by atoms with Crippen LogP contribution < -0.4 is 0 Å². The van der Waals surface area contributed by atoms with Crippen LogP contribution in [0.3, 0.4) is 0 Å². The van der Waals surface area contributed by atoms with Gasteiger partial charge in [-0.15, -0.1) is 0 Å². The molecule has 3 heteroatoms. The first-order chi connectivity index (χ1) is 13.8. The van der Waals surface area contributed by atoms with Gasteiger partial charge in [-0.25, -0.2) is 0 Å². The Balaban J connectivity index is 0.000000960. The molecule has 1 aromatic carbocycles. The molecule has 158 valence electrons. The van der Waals surface area contributed by atoms with Crippen LogP contribution >= 0.6 is 11.9 Å². The fraction of sp³-hybridized carbons (Fsp3) is 0.423. The molecule has 0 saturated carbocycles. The van der Waals surface area contributed by atoms with Gasteiger partial charge in [0, 0.05) is 23.4 Å². The first kappa shape index (κ1) is 25.0. The smallest absolute Gasteiger partial charge is 0.0713 e. The van der Waals surface area contributed by atoms with Crippen molar-refractivity contribution < 1.29 is 0 Å². The van der Waals surface area contributed by atoms with Crippen LogP contribution in [-0.4, -0.2) is 16.6 Å². The average Bonchev–Trinajstić information content (AvgIpc) is 2.82. The normalized spacial score (nSPS) is 13.6. The number of nitrogens with zero attached hydrogens (tertiary/aromatic N) is 1. The zero-order valence-corrected chi connectivity index (χ0v) is 20.2. The van der Waals surface area contributed by atoms with Gasteiger partial charge in [-0.05, 0) is 74.2 Å². The Morgan fingerprint density at radius 1 is 1.03 bits per heavy atom. The van der Waals surface area contributed by atoms with Crippen LogP contribution in [0, 0.1) is 12.3 Å². The Bertz CT molecular complexity index is 806. The minimum atomic E-state index is 0.560. The van der Waals surface area contributed by atoms with Gasteiger partial charge >= 0.3 is 0 Å². The zero-order valence-electron chi connectivity index (χ0n) is 19.4. The quantitative estimate of drug-likeness (QED) is 0.377. The van der Waals surface area contributed by atoms with Gasteiger partial charge in [-0.3, -0.25) is 5.41 Å². The molecule has 0 spiro atoms. The van der Waals surface area contributed by atoms with Crippen molar-refractivity contribution in [2.45, 2.75) is 67.7 Å². The molecule has 0 aromatic heterocycles. The summed E-state index contributed by atoms with van der Waals surface area (Å²) in [6, 6.07) is 8.30. The summed E-state index contributed by atoms with van der Waals surface area (Å²) in [5.74, 6) is 0. The molecule has 1 aromatic rings. The van der Waals surface area contributed by atoms with Crippen molar-refractivity contribution in [2.75, 3.05) is 6.54 Å². The summed E-state index contributed by atoms with van der Waals surface area (Å²) in [5.41, 5.74) is 7.99. The molecule has 0 radical (unpaired) electrons. The summed E-state index contributed by atoms with van der Waals surface area (Å²) in [4.78, 5) is 0. The number of rotatable bonds is 6. The standard InChI is InChI=1S/C22H28N2S.C4H10/c1-7-13-24-18(6)21(17(5)12-14-25-24)22(23)20(15(2)3)19-11-9-8-10-16(19)4;1-3-4-2/h8-12,14,23H,5,7,13H2,1-4,6H3;3-4H2,1-2H3. The Hall–Kier alpha value is -2.00. The molecule has 29 heavy (non-hydrogen) atoms. The molecule has 0 unspecified atom stereocenters. The molecule has 1 aliphatic heterocycles. The number of allylic oxidation sites excluding steroid dienone is 6. The average molecular weight is 411 g/mol. The van der Waals surface area contributed by atoms with Crippen molar-refractivity contribution >= 4 is 23.2 Å². The SMILES string of the molecule is C=C1C=CSN(CCC)C(C)=C1C(=N)C(=C(C)C)c1ccccc1C.CCCC. The number of unbranched alkanes of at least 4 members (excludes halogenated alkanes) is 1. The number of hydrogen-bond donors (Lipinski definition) is 1. The second-order valence-electron chi connectivity index (χ2n) is 7.56. The van der Waals surface area contributed by atoms with Crippen LogP contribution in [-0.2, 0) is 0 Å². The molecule has 2 rings (SSSR count). The van der Waals surface area contributed by atoms with Crippen LogP contribution in [0.25, 0.3) is 5.57 Å². The van der Waals surface area contributed by atoms with Crippen LogP contribution in [0.2, 0.25) is 0 Å². The summed E-state index contributed by atoms with van der Waals surface area (Å²) < 4.78 is 2.26. The van der Waals surface area contributed by atoms with E-state index in [0.29, 0.717) is 5.71 Å². The van der Waals surface area contributed by atoms with Crippen molar-refractivity contribution in [2.24, 2.45) is 0 Å². The van der Waals surface area contributed by atoms with E-state index in [4.69, 9.17) is 5.41 Å². The molecule has 0 aliphatic carbocycles. The van der Waals surface area contributed by atoms with E-state index in [1.807, 2.05) is 18.2 Å². The Morgan fingerprint density at radius 2 is 1.66 bits per heavy atom. The lowest BCUT2D eigenvalue weighted by atomic mass is 9.87. The molecule has 0 amide bonds. The first-order valence-electron chi connectivity index (χ1n) is 10.6. The van der Waals surface area contributed by atoms with Gasteiger partial charge < -0.3 is 4.31 Å². The van der Waals surface area contributed by atoms with Crippen LogP contribution in [0.1, 0.15) is 71.9 Å². The zero-order chi connectivity index (χ0) is 22.0. The highest BCUT2D eigenvalue weighted by molar-refractivity contribution is 8.00. The van der Waals surface area contributed by atoms with Gasteiger partial charge in [-0.1, -0.05) is 70.0 Å². The molecule has 0 bridgehead atoms. The maximum atomic E-state index is 9.04. The molecule has 1 heterocycles. The van der Waals surface area contributed by atoms with E-state index in [1.54, 1.807) is 11.9 Å². The highest BCUT2D eigenvalue weighted by Gasteiger charge is 2.23. The molecule has 2 nitrogen and oxygen atoms in total. The number of aryl methyl sites for hydroxylation is 1. The molecular weight excluding hydrogens is 372 g/mol. The van der Waals surface area contributed by atoms with Crippen molar-refractivity contribution in [3.05, 3.63) is 75.9 Å². The van der Waals surface area contributed by atoms with E-state index in [-0.39, 0.29) is 0 Å². The third kappa shape index (κ3) is 6.78. The fourth-order valence-corrected chi connectivity index (χ4v) is 4.01. The minimum Gasteiger partial charge on any atom is -0.316 e. The van der Waals surface area contributed by atoms with Gasteiger partial charge in [0.05, 0.1) is 5.71 Å². The summed E-state index contributed by atoms with van der Waals surface area (Å²) in [6.45, 7) is 20.1. The number of benzene rings is 1. The second kappa shape index (κ2) is 12.5. The van der Waals surface area contributed by atoms with Gasteiger partial charge in [0.2, 0.25) is 0 Å².